The van der Waals surface area contributed by atoms with Gasteiger partial charge in [-0.05, 0) is 0 Å². The van der Waals surface area contributed by atoms with Gasteiger partial charge >= 0.3 is 6.18 Å². The molecule has 0 radical (unpaired) electrons. The van der Waals surface area contributed by atoms with E-state index in [1.165, 1.54) is 12.1 Å². The monoisotopic (exact) mass is 224 g/mol. The van der Waals surface area contributed by atoms with Crippen molar-refractivity contribution in [2.24, 2.45) is 0 Å². The summed E-state index contributed by atoms with van der Waals surface area (Å²) >= 11 is 0. The van der Waals surface area contributed by atoms with Gasteiger partial charge in [-0.1, -0.05) is 66.7 Å². The van der Waals surface area contributed by atoms with Crippen LogP contribution >= 0.6 is 0 Å². The van der Waals surface area contributed by atoms with Gasteiger partial charge in [-0.25, -0.2) is 0 Å². The third-order valence-corrected chi connectivity index (χ3v) is 1.77. The van der Waals surface area contributed by atoms with Gasteiger partial charge in [-0.15, -0.1) is 0 Å². The van der Waals surface area contributed by atoms with Crippen LogP contribution in [0.3, 0.4) is 0 Å². The second kappa shape index (κ2) is 5.95. The Morgan fingerprint density at radius 2 is 0.875 bits per heavy atom. The summed E-state index contributed by atoms with van der Waals surface area (Å²) in [6.45, 7) is 0. The first-order valence-electron chi connectivity index (χ1n) is 4.73. The van der Waals surface area contributed by atoms with Crippen molar-refractivity contribution in [3.8, 4) is 0 Å². The standard InChI is InChI=1S/C7H5F3.C6H6/c8-7(9,10)6-4-2-1-3-5-6;1-2-4-6-5-3-1/h1-5H;1-6H. The fourth-order valence-corrected chi connectivity index (χ4v) is 1.01. The van der Waals surface area contributed by atoms with E-state index in [1.807, 2.05) is 36.4 Å². The first-order valence-corrected chi connectivity index (χ1v) is 4.73. The molecule has 2 aromatic rings. The van der Waals surface area contributed by atoms with Crippen molar-refractivity contribution < 1.29 is 13.2 Å². The molecule has 2 rings (SSSR count). The Hall–Kier alpha value is -1.77. The van der Waals surface area contributed by atoms with Gasteiger partial charge in [0.1, 0.15) is 0 Å². The molecule has 0 heterocycles. The highest BCUT2D eigenvalue weighted by Gasteiger charge is 2.29. The Morgan fingerprint density at radius 3 is 1.12 bits per heavy atom. The summed E-state index contributed by atoms with van der Waals surface area (Å²) in [6.07, 6.45) is -4.21. The number of alkyl halides is 3. The Balaban J connectivity index is 0.000000181. The molecule has 0 N–H and O–H groups in total. The average molecular weight is 224 g/mol. The van der Waals surface area contributed by atoms with Crippen molar-refractivity contribution in [3.63, 3.8) is 0 Å². The first-order chi connectivity index (χ1) is 7.61. The molecule has 0 nitrogen and oxygen atoms in total. The Kier molecular flexibility index (Phi) is 4.58. The van der Waals surface area contributed by atoms with Crippen LogP contribution in [-0.2, 0) is 6.18 Å². The summed E-state index contributed by atoms with van der Waals surface area (Å²) in [5.74, 6) is 0. The van der Waals surface area contributed by atoms with Crippen molar-refractivity contribution >= 4 is 0 Å². The summed E-state index contributed by atoms with van der Waals surface area (Å²) in [5.41, 5.74) is -0.602. The average Bonchev–Trinajstić information content (AvgIpc) is 2.32. The molecular weight excluding hydrogens is 213 g/mol. The van der Waals surface area contributed by atoms with Crippen LogP contribution < -0.4 is 0 Å². The van der Waals surface area contributed by atoms with Crippen LogP contribution in [0.2, 0.25) is 0 Å². The zero-order chi connectivity index (χ0) is 11.9. The lowest BCUT2D eigenvalue weighted by Crippen LogP contribution is -2.03. The lowest BCUT2D eigenvalue weighted by Gasteiger charge is -2.03. The number of benzene rings is 2. The summed E-state index contributed by atoms with van der Waals surface area (Å²) in [5, 5.41) is 0. The van der Waals surface area contributed by atoms with Crippen LogP contribution in [0.1, 0.15) is 5.56 Å². The maximum Gasteiger partial charge on any atom is 0.416 e. The lowest BCUT2D eigenvalue weighted by atomic mass is 10.2. The second-order valence-corrected chi connectivity index (χ2v) is 3.02. The lowest BCUT2D eigenvalue weighted by molar-refractivity contribution is -0.137. The third kappa shape index (κ3) is 4.64. The Labute approximate surface area is 92.4 Å². The molecule has 0 aromatic heterocycles. The molecule has 84 valence electrons. The third-order valence-electron chi connectivity index (χ3n) is 1.77. The van der Waals surface area contributed by atoms with E-state index >= 15 is 0 Å². The maximum atomic E-state index is 11.8. The minimum Gasteiger partial charge on any atom is -0.166 e. The molecule has 0 amide bonds. The van der Waals surface area contributed by atoms with Crippen molar-refractivity contribution in [1.29, 1.82) is 0 Å². The van der Waals surface area contributed by atoms with Crippen LogP contribution in [0.25, 0.3) is 0 Å². The molecule has 0 aliphatic carbocycles. The van der Waals surface area contributed by atoms with Crippen molar-refractivity contribution in [1.82, 2.24) is 0 Å². The quantitative estimate of drug-likeness (QED) is 0.622. The van der Waals surface area contributed by atoms with Gasteiger partial charge in [0, 0.05) is 0 Å². The summed E-state index contributed by atoms with van der Waals surface area (Å²) in [6, 6.07) is 18.4. The predicted molar refractivity (Wildman–Crippen MR) is 57.9 cm³/mol. The van der Waals surface area contributed by atoms with Gasteiger partial charge < -0.3 is 0 Å². The van der Waals surface area contributed by atoms with Crippen molar-refractivity contribution in [2.75, 3.05) is 0 Å². The summed E-state index contributed by atoms with van der Waals surface area (Å²) in [7, 11) is 0. The maximum absolute atomic E-state index is 11.8. The highest BCUT2D eigenvalue weighted by atomic mass is 19.4. The zero-order valence-corrected chi connectivity index (χ0v) is 8.48. The van der Waals surface area contributed by atoms with Gasteiger partial charge in [0.15, 0.2) is 0 Å². The van der Waals surface area contributed by atoms with E-state index in [0.717, 1.165) is 12.1 Å². The first kappa shape index (κ1) is 12.3. The molecule has 0 aliphatic rings. The molecule has 0 fully saturated rings. The van der Waals surface area contributed by atoms with Crippen LogP contribution in [0.5, 0.6) is 0 Å². The highest BCUT2D eigenvalue weighted by Crippen LogP contribution is 2.28. The fraction of sp³-hybridized carbons (Fsp3) is 0.0769. The molecule has 0 saturated carbocycles. The van der Waals surface area contributed by atoms with Crippen LogP contribution in [-0.4, -0.2) is 0 Å². The fourth-order valence-electron chi connectivity index (χ4n) is 1.01. The van der Waals surface area contributed by atoms with Gasteiger partial charge in [-0.3, -0.25) is 0 Å². The van der Waals surface area contributed by atoms with Gasteiger partial charge in [0.25, 0.3) is 0 Å². The molecule has 0 aliphatic heterocycles. The Morgan fingerprint density at radius 1 is 0.562 bits per heavy atom. The molecule has 0 saturated heterocycles. The van der Waals surface area contributed by atoms with Crippen molar-refractivity contribution in [2.45, 2.75) is 6.18 Å². The van der Waals surface area contributed by atoms with Crippen molar-refractivity contribution in [3.05, 3.63) is 72.3 Å². The molecular formula is C13H11F3. The molecule has 2 aromatic carbocycles. The number of hydrogen-bond donors (Lipinski definition) is 0. The van der Waals surface area contributed by atoms with E-state index in [9.17, 15) is 13.2 Å². The number of halogens is 3. The van der Waals surface area contributed by atoms with E-state index < -0.39 is 11.7 Å². The normalized spacial score (nSPS) is 10.2. The van der Waals surface area contributed by atoms with E-state index in [-0.39, 0.29) is 0 Å². The summed E-state index contributed by atoms with van der Waals surface area (Å²) < 4.78 is 35.4. The van der Waals surface area contributed by atoms with Crippen LogP contribution in [0, 0.1) is 0 Å². The van der Waals surface area contributed by atoms with E-state index in [1.54, 1.807) is 6.07 Å². The number of hydrogen-bond acceptors (Lipinski definition) is 0. The van der Waals surface area contributed by atoms with Gasteiger partial charge in [-0.2, -0.15) is 13.2 Å². The van der Waals surface area contributed by atoms with Crippen LogP contribution in [0.4, 0.5) is 13.2 Å². The molecule has 0 bridgehead atoms. The highest BCUT2D eigenvalue weighted by molar-refractivity contribution is 5.17. The smallest absolute Gasteiger partial charge is 0.166 e. The molecule has 0 unspecified atom stereocenters. The molecule has 3 heteroatoms. The minimum atomic E-state index is -4.21. The predicted octanol–water partition coefficient (Wildman–Crippen LogP) is 4.39. The molecule has 0 atom stereocenters. The minimum absolute atomic E-state index is 0.602. The van der Waals surface area contributed by atoms with Gasteiger partial charge in [0.05, 0.1) is 5.56 Å². The SMILES string of the molecule is FC(F)(F)c1ccccc1.c1ccccc1. The second-order valence-electron chi connectivity index (χ2n) is 3.02. The van der Waals surface area contributed by atoms with Gasteiger partial charge in [0.2, 0.25) is 0 Å². The molecule has 0 spiro atoms. The van der Waals surface area contributed by atoms with E-state index in [0.29, 0.717) is 0 Å². The zero-order valence-electron chi connectivity index (χ0n) is 8.48. The molecule has 16 heavy (non-hydrogen) atoms. The summed E-state index contributed by atoms with van der Waals surface area (Å²) in [4.78, 5) is 0. The van der Waals surface area contributed by atoms with E-state index in [2.05, 4.69) is 0 Å². The van der Waals surface area contributed by atoms with Crippen LogP contribution in [0.15, 0.2) is 66.7 Å². The Bertz CT molecular complexity index is 352. The number of rotatable bonds is 0. The largest absolute Gasteiger partial charge is 0.416 e. The topological polar surface area (TPSA) is 0 Å². The van der Waals surface area contributed by atoms with E-state index in [4.69, 9.17) is 0 Å².